The molecule has 0 amide bonds. The molecule has 0 aliphatic heterocycles. The fraction of sp³-hybridized carbons (Fsp3) is 0.385. The standard InChI is InChI=1S/C13H9Br4F3O7S/c1-2-26-11(21)5-7(14)9(16)6(10(17)8(5)15)12(22)27-4(13(18,19)20)3-28(23,24)25/h4H,2-3H2,1H3,(H,23,24,25). The van der Waals surface area contributed by atoms with Crippen LogP contribution in [0.5, 0.6) is 0 Å². The molecule has 1 aromatic carbocycles. The molecular weight excluding hydrogens is 677 g/mol. The predicted octanol–water partition coefficient (Wildman–Crippen LogP) is 4.89. The molecule has 1 N–H and O–H groups in total. The number of ether oxygens (including phenoxy) is 2. The molecule has 7 nitrogen and oxygen atoms in total. The number of hydrogen-bond acceptors (Lipinski definition) is 6. The minimum Gasteiger partial charge on any atom is -0.462 e. The van der Waals surface area contributed by atoms with E-state index in [4.69, 9.17) is 9.29 Å². The number of hydrogen-bond donors (Lipinski definition) is 1. The van der Waals surface area contributed by atoms with Crippen LogP contribution in [0.1, 0.15) is 27.6 Å². The number of benzene rings is 1. The average molecular weight is 686 g/mol. The van der Waals surface area contributed by atoms with E-state index in [2.05, 4.69) is 68.5 Å². The van der Waals surface area contributed by atoms with Gasteiger partial charge in [0.2, 0.25) is 6.10 Å². The second kappa shape index (κ2) is 9.73. The van der Waals surface area contributed by atoms with Crippen molar-refractivity contribution in [3.8, 4) is 0 Å². The first-order valence-corrected chi connectivity index (χ1v) is 11.7. The number of carbonyl (C=O) groups is 2. The summed E-state index contributed by atoms with van der Waals surface area (Å²) in [5.74, 6) is -4.23. The van der Waals surface area contributed by atoms with Crippen LogP contribution in [0.25, 0.3) is 0 Å². The maximum Gasteiger partial charge on any atom is 0.426 e. The first kappa shape index (κ1) is 25.8. The molecular formula is C13H9Br4F3O7S. The molecule has 0 aliphatic rings. The third-order valence-electron chi connectivity index (χ3n) is 2.92. The maximum absolute atomic E-state index is 13.0. The number of carbonyl (C=O) groups excluding carboxylic acids is 2. The van der Waals surface area contributed by atoms with Gasteiger partial charge in [0.15, 0.2) is 0 Å². The predicted molar refractivity (Wildman–Crippen MR) is 105 cm³/mol. The van der Waals surface area contributed by atoms with Gasteiger partial charge in [0.05, 0.1) is 17.7 Å². The van der Waals surface area contributed by atoms with E-state index in [1.165, 1.54) is 0 Å². The highest BCUT2D eigenvalue weighted by atomic mass is 79.9. The van der Waals surface area contributed by atoms with Crippen molar-refractivity contribution >= 4 is 85.8 Å². The van der Waals surface area contributed by atoms with E-state index in [0.717, 1.165) is 0 Å². The monoisotopic (exact) mass is 682 g/mol. The lowest BCUT2D eigenvalue weighted by Gasteiger charge is -2.21. The molecule has 0 fully saturated rings. The van der Waals surface area contributed by atoms with Gasteiger partial charge in [0.1, 0.15) is 5.75 Å². The second-order valence-electron chi connectivity index (χ2n) is 4.91. The summed E-state index contributed by atoms with van der Waals surface area (Å²) in [6.45, 7) is 1.60. The van der Waals surface area contributed by atoms with Crippen LogP contribution in [0, 0.1) is 0 Å². The van der Waals surface area contributed by atoms with Crippen LogP contribution < -0.4 is 0 Å². The van der Waals surface area contributed by atoms with E-state index in [-0.39, 0.29) is 30.1 Å². The van der Waals surface area contributed by atoms with Crippen LogP contribution in [-0.4, -0.2) is 49.5 Å². The number of alkyl halides is 3. The van der Waals surface area contributed by atoms with Crippen molar-refractivity contribution in [3.05, 3.63) is 29.0 Å². The van der Waals surface area contributed by atoms with E-state index < -0.39 is 45.7 Å². The van der Waals surface area contributed by atoms with Crippen LogP contribution in [0.4, 0.5) is 13.2 Å². The van der Waals surface area contributed by atoms with Gasteiger partial charge in [-0.3, -0.25) is 4.55 Å². The molecule has 0 aliphatic carbocycles. The molecule has 1 rings (SSSR count). The summed E-state index contributed by atoms with van der Waals surface area (Å²) in [6, 6.07) is 0. The zero-order valence-electron chi connectivity index (χ0n) is 13.4. The van der Waals surface area contributed by atoms with Crippen molar-refractivity contribution in [2.24, 2.45) is 0 Å². The zero-order chi connectivity index (χ0) is 22.0. The van der Waals surface area contributed by atoms with Crippen molar-refractivity contribution in [2.75, 3.05) is 12.4 Å². The molecule has 0 saturated heterocycles. The molecule has 1 atom stereocenters. The van der Waals surface area contributed by atoms with Gasteiger partial charge in [-0.2, -0.15) is 21.6 Å². The summed E-state index contributed by atoms with van der Waals surface area (Å²) in [7, 11) is -5.10. The summed E-state index contributed by atoms with van der Waals surface area (Å²) in [5.41, 5.74) is -0.543. The largest absolute Gasteiger partial charge is 0.462 e. The molecule has 1 unspecified atom stereocenters. The van der Waals surface area contributed by atoms with Crippen molar-refractivity contribution in [3.63, 3.8) is 0 Å². The van der Waals surface area contributed by atoms with E-state index in [9.17, 15) is 31.2 Å². The Balaban J connectivity index is 3.44. The first-order valence-electron chi connectivity index (χ1n) is 6.87. The lowest BCUT2D eigenvalue weighted by atomic mass is 10.1. The molecule has 0 heterocycles. The van der Waals surface area contributed by atoms with Gasteiger partial charge in [-0.25, -0.2) is 9.59 Å². The first-order chi connectivity index (χ1) is 12.6. The Hall–Kier alpha value is -0.220. The highest BCUT2D eigenvalue weighted by molar-refractivity contribution is 9.14. The summed E-state index contributed by atoms with van der Waals surface area (Å²) in [4.78, 5) is 24.4. The molecule has 0 radical (unpaired) electrons. The molecule has 158 valence electrons. The molecule has 15 heteroatoms. The fourth-order valence-corrected chi connectivity index (χ4v) is 5.17. The Bertz CT molecular complexity index is 873. The average Bonchev–Trinajstić information content (AvgIpc) is 2.51. The molecule has 28 heavy (non-hydrogen) atoms. The van der Waals surface area contributed by atoms with Gasteiger partial charge in [-0.1, -0.05) is 0 Å². The van der Waals surface area contributed by atoms with Gasteiger partial charge in [0, 0.05) is 17.9 Å². The summed E-state index contributed by atoms with van der Waals surface area (Å²) >= 11 is 12.1. The van der Waals surface area contributed by atoms with Crippen LogP contribution in [0.15, 0.2) is 17.9 Å². The van der Waals surface area contributed by atoms with Crippen LogP contribution in [-0.2, 0) is 19.6 Å². The topological polar surface area (TPSA) is 107 Å². The Morgan fingerprint density at radius 2 is 1.39 bits per heavy atom. The van der Waals surface area contributed by atoms with E-state index in [0.29, 0.717) is 0 Å². The van der Waals surface area contributed by atoms with Crippen molar-refractivity contribution in [1.29, 1.82) is 0 Å². The fourth-order valence-electron chi connectivity index (χ4n) is 1.77. The van der Waals surface area contributed by atoms with E-state index in [1.807, 2.05) is 0 Å². The Morgan fingerprint density at radius 1 is 1.00 bits per heavy atom. The SMILES string of the molecule is CCOC(=O)c1c(Br)c(Br)c(C(=O)OC(CS(=O)(=O)O)C(F)(F)F)c(Br)c1Br. The van der Waals surface area contributed by atoms with Crippen LogP contribution >= 0.6 is 63.7 Å². The molecule has 1 aromatic rings. The van der Waals surface area contributed by atoms with Gasteiger partial charge >= 0.3 is 18.1 Å². The Labute approximate surface area is 190 Å². The smallest absolute Gasteiger partial charge is 0.426 e. The van der Waals surface area contributed by atoms with Crippen molar-refractivity contribution in [2.45, 2.75) is 19.2 Å². The third-order valence-corrected chi connectivity index (χ3v) is 7.88. The molecule has 0 bridgehead atoms. The lowest BCUT2D eigenvalue weighted by Crippen LogP contribution is -2.39. The van der Waals surface area contributed by atoms with Crippen LogP contribution in [0.2, 0.25) is 0 Å². The normalized spacial score (nSPS) is 13.2. The maximum atomic E-state index is 13.0. The second-order valence-corrected chi connectivity index (χ2v) is 9.58. The van der Waals surface area contributed by atoms with Crippen LogP contribution in [0.3, 0.4) is 0 Å². The molecule has 0 aromatic heterocycles. The third kappa shape index (κ3) is 6.39. The van der Waals surface area contributed by atoms with Gasteiger partial charge in [-0.05, 0) is 70.6 Å². The highest BCUT2D eigenvalue weighted by Crippen LogP contribution is 2.43. The summed E-state index contributed by atoms with van der Waals surface area (Å²) < 4.78 is 78.0. The van der Waals surface area contributed by atoms with Gasteiger partial charge in [0.25, 0.3) is 10.1 Å². The van der Waals surface area contributed by atoms with Gasteiger partial charge in [-0.15, -0.1) is 0 Å². The summed E-state index contributed by atoms with van der Waals surface area (Å²) in [5, 5.41) is 0. The van der Waals surface area contributed by atoms with Crippen molar-refractivity contribution < 1.29 is 45.2 Å². The quantitative estimate of drug-likeness (QED) is 0.258. The number of rotatable bonds is 6. The zero-order valence-corrected chi connectivity index (χ0v) is 20.6. The lowest BCUT2D eigenvalue weighted by molar-refractivity contribution is -0.197. The number of esters is 2. The summed E-state index contributed by atoms with van der Waals surface area (Å²) in [6.07, 6.45) is -8.37. The highest BCUT2D eigenvalue weighted by Gasteiger charge is 2.46. The minimum absolute atomic E-state index is 0.0219. The minimum atomic E-state index is -5.26. The Kier molecular flexibility index (Phi) is 8.97. The van der Waals surface area contributed by atoms with Gasteiger partial charge < -0.3 is 9.47 Å². The Morgan fingerprint density at radius 3 is 1.71 bits per heavy atom. The molecule has 0 spiro atoms. The van der Waals surface area contributed by atoms with Crippen molar-refractivity contribution in [1.82, 2.24) is 0 Å². The number of halogens is 7. The van der Waals surface area contributed by atoms with E-state index >= 15 is 0 Å². The van der Waals surface area contributed by atoms with E-state index in [1.54, 1.807) is 6.92 Å². The molecule has 0 saturated carbocycles.